The fraction of sp³-hybridized carbons (Fsp3) is 1.00. The lowest BCUT2D eigenvalue weighted by molar-refractivity contribution is -0.0802. The van der Waals surface area contributed by atoms with Gasteiger partial charge in [0, 0.05) is 13.2 Å². The van der Waals surface area contributed by atoms with Crippen molar-refractivity contribution >= 4 is 0 Å². The van der Waals surface area contributed by atoms with Crippen LogP contribution in [0.5, 0.6) is 0 Å². The molecule has 1 aliphatic rings. The molecular formula is C15H31NO. The van der Waals surface area contributed by atoms with Crippen molar-refractivity contribution in [3.63, 3.8) is 0 Å². The molecule has 1 fully saturated rings. The predicted molar refractivity (Wildman–Crippen MR) is 74.3 cm³/mol. The second kappa shape index (κ2) is 6.19. The zero-order valence-electron chi connectivity index (χ0n) is 12.4. The molecule has 1 N–H and O–H groups in total. The van der Waals surface area contributed by atoms with Crippen molar-refractivity contribution < 1.29 is 4.74 Å². The van der Waals surface area contributed by atoms with E-state index in [2.05, 4.69) is 33.0 Å². The molecule has 0 aromatic carbocycles. The second-order valence-electron chi connectivity index (χ2n) is 6.26. The minimum atomic E-state index is 0.115. The summed E-state index contributed by atoms with van der Waals surface area (Å²) < 4.78 is 6.04. The Balaban J connectivity index is 2.58. The van der Waals surface area contributed by atoms with Gasteiger partial charge in [0.1, 0.15) is 0 Å². The fourth-order valence-electron chi connectivity index (χ4n) is 3.21. The lowest BCUT2D eigenvalue weighted by Gasteiger charge is -2.44. The third-order valence-corrected chi connectivity index (χ3v) is 4.86. The first-order valence-electron chi connectivity index (χ1n) is 7.28. The van der Waals surface area contributed by atoms with Crippen molar-refractivity contribution in [2.24, 2.45) is 11.3 Å². The summed E-state index contributed by atoms with van der Waals surface area (Å²) in [5, 5.41) is 3.31. The summed E-state index contributed by atoms with van der Waals surface area (Å²) in [4.78, 5) is 0. The molecule has 1 rings (SSSR count). The van der Waals surface area contributed by atoms with Crippen LogP contribution in [-0.4, -0.2) is 25.8 Å². The molecule has 0 heterocycles. The second-order valence-corrected chi connectivity index (χ2v) is 6.26. The number of hydrogen-bond donors (Lipinski definition) is 1. The first-order valence-corrected chi connectivity index (χ1v) is 7.28. The van der Waals surface area contributed by atoms with Crippen LogP contribution in [0.2, 0.25) is 0 Å². The highest BCUT2D eigenvalue weighted by atomic mass is 16.5. The number of hydrogen-bond acceptors (Lipinski definition) is 2. The average Bonchev–Trinajstić information content (AvgIpc) is 2.30. The molecule has 0 spiro atoms. The van der Waals surface area contributed by atoms with E-state index in [0.717, 1.165) is 19.1 Å². The van der Waals surface area contributed by atoms with E-state index in [0.29, 0.717) is 5.41 Å². The maximum absolute atomic E-state index is 6.04. The standard InChI is InChI=1S/C15H31NO/c1-6-14(3,4)13-8-10-15(11-9-13,12-16-5)17-7-2/h13,16H,6-12H2,1-5H3. The molecule has 17 heavy (non-hydrogen) atoms. The van der Waals surface area contributed by atoms with E-state index >= 15 is 0 Å². The summed E-state index contributed by atoms with van der Waals surface area (Å²) >= 11 is 0. The van der Waals surface area contributed by atoms with Gasteiger partial charge in [0.2, 0.25) is 0 Å². The third-order valence-electron chi connectivity index (χ3n) is 4.86. The smallest absolute Gasteiger partial charge is 0.0806 e. The summed E-state index contributed by atoms with van der Waals surface area (Å²) in [6, 6.07) is 0. The zero-order chi connectivity index (χ0) is 12.9. The van der Waals surface area contributed by atoms with E-state index in [9.17, 15) is 0 Å². The lowest BCUT2D eigenvalue weighted by atomic mass is 9.66. The van der Waals surface area contributed by atoms with E-state index in [1.807, 2.05) is 7.05 Å². The van der Waals surface area contributed by atoms with E-state index in [1.165, 1.54) is 32.1 Å². The molecular weight excluding hydrogens is 210 g/mol. The Morgan fingerprint density at radius 3 is 2.24 bits per heavy atom. The van der Waals surface area contributed by atoms with Crippen molar-refractivity contribution in [1.82, 2.24) is 5.32 Å². The minimum absolute atomic E-state index is 0.115. The van der Waals surface area contributed by atoms with Gasteiger partial charge in [0.25, 0.3) is 0 Å². The summed E-state index contributed by atoms with van der Waals surface area (Å²) in [5.74, 6) is 0.873. The molecule has 0 aliphatic heterocycles. The maximum atomic E-state index is 6.04. The van der Waals surface area contributed by atoms with E-state index in [-0.39, 0.29) is 5.60 Å². The Kier molecular flexibility index (Phi) is 5.46. The Labute approximate surface area is 108 Å². The monoisotopic (exact) mass is 241 g/mol. The SMILES string of the molecule is CCOC1(CNC)CCC(C(C)(C)CC)CC1. The van der Waals surface area contributed by atoms with Crippen LogP contribution in [-0.2, 0) is 4.74 Å². The Hall–Kier alpha value is -0.0800. The average molecular weight is 241 g/mol. The van der Waals surface area contributed by atoms with E-state index in [1.54, 1.807) is 0 Å². The molecule has 0 amide bonds. The number of likely N-dealkylation sites (N-methyl/N-ethyl adjacent to an activating group) is 1. The van der Waals surface area contributed by atoms with Crippen LogP contribution in [0.25, 0.3) is 0 Å². The summed E-state index contributed by atoms with van der Waals surface area (Å²) in [7, 11) is 2.03. The maximum Gasteiger partial charge on any atom is 0.0806 e. The van der Waals surface area contributed by atoms with Gasteiger partial charge in [0.15, 0.2) is 0 Å². The highest BCUT2D eigenvalue weighted by Gasteiger charge is 2.39. The van der Waals surface area contributed by atoms with Gasteiger partial charge >= 0.3 is 0 Å². The normalized spacial score (nSPS) is 30.5. The van der Waals surface area contributed by atoms with Gasteiger partial charge in [-0.3, -0.25) is 0 Å². The Morgan fingerprint density at radius 2 is 1.82 bits per heavy atom. The largest absolute Gasteiger partial charge is 0.374 e. The predicted octanol–water partition coefficient (Wildman–Crippen LogP) is 3.61. The molecule has 0 aromatic rings. The molecule has 1 saturated carbocycles. The molecule has 102 valence electrons. The van der Waals surface area contributed by atoms with Crippen molar-refractivity contribution in [2.75, 3.05) is 20.2 Å². The summed E-state index contributed by atoms with van der Waals surface area (Å²) in [6.45, 7) is 11.1. The molecule has 2 nitrogen and oxygen atoms in total. The third kappa shape index (κ3) is 3.69. The highest BCUT2D eigenvalue weighted by molar-refractivity contribution is 4.92. The molecule has 0 unspecified atom stereocenters. The van der Waals surface area contributed by atoms with Gasteiger partial charge in [0.05, 0.1) is 5.60 Å². The van der Waals surface area contributed by atoms with Gasteiger partial charge in [-0.2, -0.15) is 0 Å². The van der Waals surface area contributed by atoms with Crippen LogP contribution in [0.4, 0.5) is 0 Å². The molecule has 0 radical (unpaired) electrons. The van der Waals surface area contributed by atoms with E-state index < -0.39 is 0 Å². The van der Waals surface area contributed by atoms with Crippen molar-refractivity contribution in [3.05, 3.63) is 0 Å². The molecule has 1 aliphatic carbocycles. The quantitative estimate of drug-likeness (QED) is 0.767. The molecule has 0 aromatic heterocycles. The Morgan fingerprint density at radius 1 is 1.24 bits per heavy atom. The topological polar surface area (TPSA) is 21.3 Å². The van der Waals surface area contributed by atoms with Gasteiger partial charge in [-0.15, -0.1) is 0 Å². The first kappa shape index (κ1) is 15.0. The fourth-order valence-corrected chi connectivity index (χ4v) is 3.21. The van der Waals surface area contributed by atoms with Gasteiger partial charge in [-0.1, -0.05) is 27.2 Å². The number of nitrogens with one attached hydrogen (secondary N) is 1. The van der Waals surface area contributed by atoms with Crippen LogP contribution >= 0.6 is 0 Å². The van der Waals surface area contributed by atoms with Gasteiger partial charge < -0.3 is 10.1 Å². The Bertz CT molecular complexity index is 209. The van der Waals surface area contributed by atoms with Crippen LogP contribution in [0.3, 0.4) is 0 Å². The minimum Gasteiger partial charge on any atom is -0.374 e. The van der Waals surface area contributed by atoms with Crippen molar-refractivity contribution in [2.45, 2.75) is 65.4 Å². The van der Waals surface area contributed by atoms with Crippen LogP contribution < -0.4 is 5.32 Å². The van der Waals surface area contributed by atoms with Crippen LogP contribution in [0.15, 0.2) is 0 Å². The van der Waals surface area contributed by atoms with Crippen molar-refractivity contribution in [1.29, 1.82) is 0 Å². The van der Waals surface area contributed by atoms with Crippen LogP contribution in [0, 0.1) is 11.3 Å². The summed E-state index contributed by atoms with van der Waals surface area (Å²) in [5.41, 5.74) is 0.613. The first-order chi connectivity index (χ1) is 7.99. The molecule has 2 heteroatoms. The zero-order valence-corrected chi connectivity index (χ0v) is 12.4. The van der Waals surface area contributed by atoms with Gasteiger partial charge in [-0.25, -0.2) is 0 Å². The summed E-state index contributed by atoms with van der Waals surface area (Å²) in [6.07, 6.45) is 6.36. The van der Waals surface area contributed by atoms with E-state index in [4.69, 9.17) is 4.74 Å². The molecule has 0 saturated heterocycles. The van der Waals surface area contributed by atoms with Crippen molar-refractivity contribution in [3.8, 4) is 0 Å². The number of rotatable bonds is 6. The lowest BCUT2D eigenvalue weighted by Crippen LogP contribution is -2.46. The van der Waals surface area contributed by atoms with Crippen LogP contribution in [0.1, 0.15) is 59.8 Å². The number of ether oxygens (including phenoxy) is 1. The van der Waals surface area contributed by atoms with Gasteiger partial charge in [-0.05, 0) is 51.0 Å². The molecule has 0 bridgehead atoms. The highest BCUT2D eigenvalue weighted by Crippen LogP contribution is 2.44. The molecule has 0 atom stereocenters.